The molecular formula is C14H28N4O4. The number of aliphatic carboxylic acids is 2. The highest BCUT2D eigenvalue weighted by Crippen LogP contribution is 2.00. The van der Waals surface area contributed by atoms with Crippen LogP contribution in [0.15, 0.2) is 0 Å². The monoisotopic (exact) mass is 316 g/mol. The molecule has 0 aromatic carbocycles. The van der Waals surface area contributed by atoms with Gasteiger partial charge >= 0.3 is 11.9 Å². The van der Waals surface area contributed by atoms with Crippen LogP contribution in [0.5, 0.6) is 0 Å². The zero-order valence-electron chi connectivity index (χ0n) is 13.0. The van der Waals surface area contributed by atoms with Crippen molar-refractivity contribution in [3.63, 3.8) is 0 Å². The van der Waals surface area contributed by atoms with Crippen LogP contribution in [0.4, 0.5) is 0 Å². The molecule has 1 fully saturated rings. The van der Waals surface area contributed by atoms with E-state index in [4.69, 9.17) is 10.2 Å². The summed E-state index contributed by atoms with van der Waals surface area (Å²) >= 11 is 0. The SMILES string of the molecule is O=C(O)CC1CN(CC(=O)O)CCCNCCNCCCN1. The van der Waals surface area contributed by atoms with Crippen LogP contribution >= 0.6 is 0 Å². The van der Waals surface area contributed by atoms with Gasteiger partial charge in [0.2, 0.25) is 0 Å². The van der Waals surface area contributed by atoms with Gasteiger partial charge in [-0.05, 0) is 32.5 Å². The maximum atomic E-state index is 11.0. The maximum absolute atomic E-state index is 11.0. The number of nitrogens with zero attached hydrogens (tertiary/aromatic N) is 1. The van der Waals surface area contributed by atoms with Crippen LogP contribution in [0.1, 0.15) is 19.3 Å². The van der Waals surface area contributed by atoms with Crippen LogP contribution in [-0.4, -0.2) is 85.5 Å². The summed E-state index contributed by atoms with van der Waals surface area (Å²) in [6.45, 7) is 5.25. The Morgan fingerprint density at radius 2 is 1.64 bits per heavy atom. The van der Waals surface area contributed by atoms with E-state index in [1.807, 2.05) is 4.90 Å². The van der Waals surface area contributed by atoms with E-state index in [0.29, 0.717) is 13.1 Å². The van der Waals surface area contributed by atoms with Gasteiger partial charge in [-0.25, -0.2) is 0 Å². The number of carbonyl (C=O) groups is 2. The lowest BCUT2D eigenvalue weighted by Gasteiger charge is -2.26. The lowest BCUT2D eigenvalue weighted by Crippen LogP contribution is -2.45. The van der Waals surface area contributed by atoms with Crippen molar-refractivity contribution in [3.05, 3.63) is 0 Å². The largest absolute Gasteiger partial charge is 0.481 e. The molecule has 0 saturated carbocycles. The Kier molecular flexibility index (Phi) is 9.72. The van der Waals surface area contributed by atoms with Gasteiger partial charge in [-0.2, -0.15) is 0 Å². The van der Waals surface area contributed by atoms with Gasteiger partial charge in [0.05, 0.1) is 13.0 Å². The molecule has 22 heavy (non-hydrogen) atoms. The minimum atomic E-state index is -0.882. The molecule has 0 amide bonds. The average molecular weight is 316 g/mol. The van der Waals surface area contributed by atoms with Crippen molar-refractivity contribution >= 4 is 11.9 Å². The van der Waals surface area contributed by atoms with Crippen LogP contribution in [0.3, 0.4) is 0 Å². The van der Waals surface area contributed by atoms with E-state index in [2.05, 4.69) is 16.0 Å². The van der Waals surface area contributed by atoms with Gasteiger partial charge in [-0.15, -0.1) is 0 Å². The predicted molar refractivity (Wildman–Crippen MR) is 83.1 cm³/mol. The second-order valence-corrected chi connectivity index (χ2v) is 5.58. The lowest BCUT2D eigenvalue weighted by molar-refractivity contribution is -0.138. The second kappa shape index (κ2) is 11.4. The van der Waals surface area contributed by atoms with Crippen LogP contribution in [-0.2, 0) is 9.59 Å². The Morgan fingerprint density at radius 1 is 0.955 bits per heavy atom. The quantitative estimate of drug-likeness (QED) is 0.438. The summed E-state index contributed by atoms with van der Waals surface area (Å²) in [4.78, 5) is 23.8. The molecule has 0 aromatic heterocycles. The fourth-order valence-corrected chi connectivity index (χ4v) is 2.52. The third-order valence-electron chi connectivity index (χ3n) is 3.53. The third kappa shape index (κ3) is 9.67. The molecule has 0 aliphatic carbocycles. The van der Waals surface area contributed by atoms with Crippen molar-refractivity contribution in [3.8, 4) is 0 Å². The van der Waals surface area contributed by atoms with Crippen molar-refractivity contribution in [1.29, 1.82) is 0 Å². The molecule has 0 spiro atoms. The number of hydrogen-bond acceptors (Lipinski definition) is 6. The van der Waals surface area contributed by atoms with Crippen molar-refractivity contribution in [2.45, 2.75) is 25.3 Å². The molecular weight excluding hydrogens is 288 g/mol. The van der Waals surface area contributed by atoms with Gasteiger partial charge in [0.15, 0.2) is 0 Å². The van der Waals surface area contributed by atoms with E-state index in [1.54, 1.807) is 0 Å². The maximum Gasteiger partial charge on any atom is 0.317 e. The number of hydrogen-bond donors (Lipinski definition) is 5. The molecule has 5 N–H and O–H groups in total. The van der Waals surface area contributed by atoms with E-state index in [-0.39, 0.29) is 19.0 Å². The van der Waals surface area contributed by atoms with Gasteiger partial charge in [0.25, 0.3) is 0 Å². The molecule has 1 heterocycles. The molecule has 1 saturated heterocycles. The minimum absolute atomic E-state index is 0.00178. The van der Waals surface area contributed by atoms with Crippen LogP contribution in [0.25, 0.3) is 0 Å². The van der Waals surface area contributed by atoms with Gasteiger partial charge in [-0.1, -0.05) is 0 Å². The molecule has 8 nitrogen and oxygen atoms in total. The summed E-state index contributed by atoms with van der Waals surface area (Å²) in [6.07, 6.45) is 1.75. The smallest absolute Gasteiger partial charge is 0.317 e. The molecule has 8 heteroatoms. The zero-order valence-corrected chi connectivity index (χ0v) is 13.0. The van der Waals surface area contributed by atoms with Crippen molar-refractivity contribution < 1.29 is 19.8 Å². The summed E-state index contributed by atoms with van der Waals surface area (Å²) < 4.78 is 0. The summed E-state index contributed by atoms with van der Waals surface area (Å²) in [5.74, 6) is -1.75. The van der Waals surface area contributed by atoms with Crippen LogP contribution < -0.4 is 16.0 Å². The highest BCUT2D eigenvalue weighted by molar-refractivity contribution is 5.69. The van der Waals surface area contributed by atoms with Crippen molar-refractivity contribution in [2.24, 2.45) is 0 Å². The van der Waals surface area contributed by atoms with E-state index in [1.165, 1.54) is 0 Å². The molecule has 1 unspecified atom stereocenters. The first kappa shape index (κ1) is 18.8. The Balaban J connectivity index is 2.58. The first-order valence-corrected chi connectivity index (χ1v) is 7.88. The zero-order chi connectivity index (χ0) is 16.2. The topological polar surface area (TPSA) is 114 Å². The standard InChI is InChI=1S/C14H28N4O4/c19-13(20)9-12-10-18(11-14(21)22)8-2-4-16-7-6-15-3-1-5-17-12/h12,15-17H,1-11H2,(H,19,20)(H,21,22). The van der Waals surface area contributed by atoms with Gasteiger partial charge < -0.3 is 26.2 Å². The lowest BCUT2D eigenvalue weighted by atomic mass is 10.1. The fourth-order valence-electron chi connectivity index (χ4n) is 2.52. The highest BCUT2D eigenvalue weighted by atomic mass is 16.4. The Labute approximate surface area is 131 Å². The molecule has 1 aliphatic heterocycles. The highest BCUT2D eigenvalue weighted by Gasteiger charge is 2.18. The second-order valence-electron chi connectivity index (χ2n) is 5.58. The summed E-state index contributed by atoms with van der Waals surface area (Å²) in [6, 6.07) is -0.229. The molecule has 1 aliphatic rings. The van der Waals surface area contributed by atoms with Gasteiger partial charge in [-0.3, -0.25) is 14.5 Å². The normalized spacial score (nSPS) is 23.5. The Hall–Kier alpha value is -1.22. The molecule has 1 atom stereocenters. The molecule has 1 rings (SSSR count). The summed E-state index contributed by atoms with van der Waals surface area (Å²) in [5.41, 5.74) is 0. The summed E-state index contributed by atoms with van der Waals surface area (Å²) in [7, 11) is 0. The summed E-state index contributed by atoms with van der Waals surface area (Å²) in [5, 5.41) is 27.9. The third-order valence-corrected chi connectivity index (χ3v) is 3.53. The molecule has 0 bridgehead atoms. The van der Waals surface area contributed by atoms with E-state index >= 15 is 0 Å². The first-order valence-electron chi connectivity index (χ1n) is 7.88. The van der Waals surface area contributed by atoms with Gasteiger partial charge in [0.1, 0.15) is 0 Å². The Bertz CT molecular complexity index is 311. The number of carboxylic acids is 2. The predicted octanol–water partition coefficient (Wildman–Crippen LogP) is -1.22. The minimum Gasteiger partial charge on any atom is -0.481 e. The van der Waals surface area contributed by atoms with E-state index in [0.717, 1.165) is 45.6 Å². The van der Waals surface area contributed by atoms with Crippen molar-refractivity contribution in [2.75, 3.05) is 52.4 Å². The molecule has 128 valence electrons. The number of nitrogens with one attached hydrogen (secondary N) is 3. The molecule has 0 aromatic rings. The van der Waals surface area contributed by atoms with E-state index in [9.17, 15) is 9.59 Å². The van der Waals surface area contributed by atoms with Crippen molar-refractivity contribution in [1.82, 2.24) is 20.9 Å². The fraction of sp³-hybridized carbons (Fsp3) is 0.857. The Morgan fingerprint density at radius 3 is 2.27 bits per heavy atom. The first-order chi connectivity index (χ1) is 10.6. The van der Waals surface area contributed by atoms with E-state index < -0.39 is 11.9 Å². The van der Waals surface area contributed by atoms with Crippen LogP contribution in [0, 0.1) is 0 Å². The van der Waals surface area contributed by atoms with Crippen LogP contribution in [0.2, 0.25) is 0 Å². The molecule has 0 radical (unpaired) electrons. The average Bonchev–Trinajstić information content (AvgIpc) is 2.42. The number of rotatable bonds is 4. The number of carboxylic acid groups (broad SMARTS) is 2. The van der Waals surface area contributed by atoms with Gasteiger partial charge in [0, 0.05) is 32.2 Å².